The highest BCUT2D eigenvalue weighted by Crippen LogP contribution is 2.44. The molecule has 1 aromatic carbocycles. The van der Waals surface area contributed by atoms with E-state index in [4.69, 9.17) is 9.84 Å². The van der Waals surface area contributed by atoms with Crippen molar-refractivity contribution >= 4 is 21.9 Å². The molecule has 0 radical (unpaired) electrons. The number of carbonyl (C=O) groups is 2. The molecular formula is C23H32N2O6S. The first-order valence-electron chi connectivity index (χ1n) is 11.1. The van der Waals surface area contributed by atoms with Gasteiger partial charge in [-0.05, 0) is 43.6 Å². The van der Waals surface area contributed by atoms with Crippen molar-refractivity contribution in [1.29, 1.82) is 0 Å². The van der Waals surface area contributed by atoms with Gasteiger partial charge in [-0.1, -0.05) is 42.5 Å². The van der Waals surface area contributed by atoms with Gasteiger partial charge in [0, 0.05) is 18.9 Å². The monoisotopic (exact) mass is 464 g/mol. The topological polar surface area (TPSA) is 122 Å². The number of carbonyl (C=O) groups excluding carboxylic acids is 1. The molecule has 32 heavy (non-hydrogen) atoms. The van der Waals surface area contributed by atoms with Crippen LogP contribution in [0.2, 0.25) is 0 Å². The first kappa shape index (κ1) is 24.4. The average molecular weight is 465 g/mol. The summed E-state index contributed by atoms with van der Waals surface area (Å²) in [5, 5.41) is 11.6. The third-order valence-electron chi connectivity index (χ3n) is 6.11. The van der Waals surface area contributed by atoms with E-state index in [0.29, 0.717) is 24.4 Å². The van der Waals surface area contributed by atoms with Crippen LogP contribution in [0.15, 0.2) is 42.5 Å². The van der Waals surface area contributed by atoms with Crippen LogP contribution in [0.3, 0.4) is 0 Å². The molecule has 2 fully saturated rings. The minimum absolute atomic E-state index is 0.125. The predicted octanol–water partition coefficient (Wildman–Crippen LogP) is 2.22. The number of aliphatic carboxylic acids is 1. The minimum Gasteiger partial charge on any atom is -0.481 e. The van der Waals surface area contributed by atoms with Crippen LogP contribution in [0.25, 0.3) is 0 Å². The molecule has 8 nitrogen and oxygen atoms in total. The average Bonchev–Trinajstić information content (AvgIpc) is 3.35. The molecule has 0 spiro atoms. The number of sulfonamides is 1. The molecule has 2 aliphatic heterocycles. The van der Waals surface area contributed by atoms with Crippen molar-refractivity contribution in [2.45, 2.75) is 56.5 Å². The molecule has 2 bridgehead atoms. The SMILES string of the molecule is O=C(O)CCCC=CC[C@@H]1[C@H](CNC(=O)CNS(=O)(=O)Cc2ccccc2)[C@@H]2CC[C@H]1O2. The summed E-state index contributed by atoms with van der Waals surface area (Å²) in [7, 11) is -3.59. The lowest BCUT2D eigenvalue weighted by molar-refractivity contribution is -0.137. The van der Waals surface area contributed by atoms with Crippen molar-refractivity contribution in [2.24, 2.45) is 11.8 Å². The third-order valence-corrected chi connectivity index (χ3v) is 7.41. The molecule has 0 aromatic heterocycles. The Hall–Kier alpha value is -2.23. The maximum Gasteiger partial charge on any atom is 0.303 e. The Labute approximate surface area is 189 Å². The molecule has 176 valence electrons. The van der Waals surface area contributed by atoms with Crippen LogP contribution < -0.4 is 10.0 Å². The lowest BCUT2D eigenvalue weighted by Gasteiger charge is -2.27. The van der Waals surface area contributed by atoms with E-state index in [9.17, 15) is 18.0 Å². The fourth-order valence-electron chi connectivity index (χ4n) is 4.54. The Morgan fingerprint density at radius 3 is 2.53 bits per heavy atom. The molecule has 2 heterocycles. The van der Waals surface area contributed by atoms with Gasteiger partial charge >= 0.3 is 5.97 Å². The summed E-state index contributed by atoms with van der Waals surface area (Å²) in [5.74, 6) is -0.797. The molecule has 1 amide bonds. The van der Waals surface area contributed by atoms with Crippen LogP contribution in [0.4, 0.5) is 0 Å². The Balaban J connectivity index is 1.41. The van der Waals surface area contributed by atoms with Crippen molar-refractivity contribution in [2.75, 3.05) is 13.1 Å². The summed E-state index contributed by atoms with van der Waals surface area (Å²) in [6.45, 7) is 0.170. The van der Waals surface area contributed by atoms with Gasteiger partial charge in [0.05, 0.1) is 24.5 Å². The zero-order valence-electron chi connectivity index (χ0n) is 18.1. The third kappa shape index (κ3) is 7.43. The molecule has 9 heteroatoms. The van der Waals surface area contributed by atoms with E-state index < -0.39 is 16.0 Å². The van der Waals surface area contributed by atoms with Crippen molar-refractivity contribution < 1.29 is 27.9 Å². The molecule has 2 aliphatic rings. The lowest BCUT2D eigenvalue weighted by Crippen LogP contribution is -2.42. The largest absolute Gasteiger partial charge is 0.481 e. The number of benzene rings is 1. The number of amides is 1. The van der Waals surface area contributed by atoms with Crippen LogP contribution in [0.5, 0.6) is 0 Å². The molecule has 3 rings (SSSR count). The second-order valence-electron chi connectivity index (χ2n) is 8.48. The van der Waals surface area contributed by atoms with Crippen LogP contribution in [-0.2, 0) is 30.1 Å². The Morgan fingerprint density at radius 1 is 1.09 bits per heavy atom. The maximum absolute atomic E-state index is 12.3. The van der Waals surface area contributed by atoms with Gasteiger partial charge in [0.2, 0.25) is 15.9 Å². The zero-order valence-corrected chi connectivity index (χ0v) is 18.9. The number of carboxylic acid groups (broad SMARTS) is 1. The van der Waals surface area contributed by atoms with Crippen molar-refractivity contribution in [3.8, 4) is 0 Å². The number of allylic oxidation sites excluding steroid dienone is 2. The van der Waals surface area contributed by atoms with Gasteiger partial charge in [0.25, 0.3) is 0 Å². The smallest absolute Gasteiger partial charge is 0.303 e. The highest BCUT2D eigenvalue weighted by atomic mass is 32.2. The first-order chi connectivity index (χ1) is 15.3. The number of rotatable bonds is 13. The number of hydrogen-bond acceptors (Lipinski definition) is 5. The van der Waals surface area contributed by atoms with Crippen LogP contribution >= 0.6 is 0 Å². The van der Waals surface area contributed by atoms with Crippen LogP contribution in [0.1, 0.15) is 44.1 Å². The van der Waals surface area contributed by atoms with Crippen molar-refractivity contribution in [3.63, 3.8) is 0 Å². The van der Waals surface area contributed by atoms with Gasteiger partial charge in [-0.2, -0.15) is 0 Å². The first-order valence-corrected chi connectivity index (χ1v) is 12.8. The molecule has 4 atom stereocenters. The summed E-state index contributed by atoms with van der Waals surface area (Å²) in [6, 6.07) is 8.83. The molecule has 0 aliphatic carbocycles. The van der Waals surface area contributed by atoms with E-state index in [-0.39, 0.29) is 42.8 Å². The van der Waals surface area contributed by atoms with E-state index >= 15 is 0 Å². The van der Waals surface area contributed by atoms with E-state index in [1.165, 1.54) is 0 Å². The fraction of sp³-hybridized carbons (Fsp3) is 0.565. The second-order valence-corrected chi connectivity index (χ2v) is 10.3. The standard InChI is InChI=1S/C23H32N2O6S/c26-22(15-25-32(29,30)16-17-8-4-3-5-9-17)24-14-19-18(20-12-13-21(19)31-20)10-6-1-2-7-11-23(27)28/h1,3-6,8-9,18-21,25H,2,7,10-16H2,(H,24,26)(H,27,28)/t18-,19+,20-,21+/m1/s1. The molecule has 0 unspecified atom stereocenters. The maximum atomic E-state index is 12.3. The Bertz CT molecular complexity index is 902. The summed E-state index contributed by atoms with van der Waals surface area (Å²) in [6.07, 6.45) is 8.78. The lowest BCUT2D eigenvalue weighted by atomic mass is 9.77. The molecular weight excluding hydrogens is 432 g/mol. The van der Waals surface area contributed by atoms with Gasteiger partial charge in [0.15, 0.2) is 0 Å². The number of carboxylic acids is 1. The van der Waals surface area contributed by atoms with Gasteiger partial charge in [-0.15, -0.1) is 0 Å². The van der Waals surface area contributed by atoms with Gasteiger partial charge in [-0.25, -0.2) is 13.1 Å². The molecule has 1 aromatic rings. The molecule has 2 saturated heterocycles. The van der Waals surface area contributed by atoms with Gasteiger partial charge < -0.3 is 15.2 Å². The molecule has 0 saturated carbocycles. The van der Waals surface area contributed by atoms with Crippen molar-refractivity contribution in [1.82, 2.24) is 10.0 Å². The summed E-state index contributed by atoms with van der Waals surface area (Å²) >= 11 is 0. The number of ether oxygens (including phenoxy) is 1. The zero-order chi connectivity index (χ0) is 23.0. The summed E-state index contributed by atoms with van der Waals surface area (Å²) < 4.78 is 32.8. The number of hydrogen-bond donors (Lipinski definition) is 3. The number of unbranched alkanes of at least 4 members (excludes halogenated alkanes) is 1. The predicted molar refractivity (Wildman–Crippen MR) is 120 cm³/mol. The summed E-state index contributed by atoms with van der Waals surface area (Å²) in [4.78, 5) is 22.8. The van der Waals surface area contributed by atoms with E-state index in [1.54, 1.807) is 24.3 Å². The van der Waals surface area contributed by atoms with Gasteiger partial charge in [-0.3, -0.25) is 9.59 Å². The number of nitrogens with one attached hydrogen (secondary N) is 2. The quantitative estimate of drug-likeness (QED) is 0.304. The van der Waals surface area contributed by atoms with E-state index in [0.717, 1.165) is 25.7 Å². The number of fused-ring (bicyclic) bond motifs is 2. The summed E-state index contributed by atoms with van der Waals surface area (Å²) in [5.41, 5.74) is 0.665. The van der Waals surface area contributed by atoms with E-state index in [1.807, 2.05) is 12.1 Å². The van der Waals surface area contributed by atoms with Crippen LogP contribution in [-0.4, -0.2) is 50.7 Å². The highest BCUT2D eigenvalue weighted by Gasteiger charge is 2.47. The Kier molecular flexibility index (Phi) is 8.84. The Morgan fingerprint density at radius 2 is 1.81 bits per heavy atom. The molecule has 3 N–H and O–H groups in total. The van der Waals surface area contributed by atoms with E-state index in [2.05, 4.69) is 16.1 Å². The highest BCUT2D eigenvalue weighted by molar-refractivity contribution is 7.88. The normalized spacial score (nSPS) is 24.8. The second kappa shape index (κ2) is 11.6. The van der Waals surface area contributed by atoms with Crippen molar-refractivity contribution in [3.05, 3.63) is 48.0 Å². The fourth-order valence-corrected chi connectivity index (χ4v) is 5.62. The minimum atomic E-state index is -3.59. The van der Waals surface area contributed by atoms with Gasteiger partial charge in [0.1, 0.15) is 0 Å². The van der Waals surface area contributed by atoms with Crippen LogP contribution in [0, 0.1) is 11.8 Å².